The predicted octanol–water partition coefficient (Wildman–Crippen LogP) is 4.72. The van der Waals surface area contributed by atoms with Crippen molar-refractivity contribution in [3.63, 3.8) is 0 Å². The highest BCUT2D eigenvalue weighted by molar-refractivity contribution is 9.10. The number of amides is 1. The van der Waals surface area contributed by atoms with Gasteiger partial charge in [-0.2, -0.15) is 0 Å². The third kappa shape index (κ3) is 4.14. The first kappa shape index (κ1) is 18.0. The zero-order chi connectivity index (χ0) is 18.8. The lowest BCUT2D eigenvalue weighted by molar-refractivity contribution is -0.121. The maximum absolute atomic E-state index is 12.4. The number of halogens is 1. The molecule has 0 saturated heterocycles. The Morgan fingerprint density at radius 3 is 2.96 bits per heavy atom. The molecule has 7 heteroatoms. The molecule has 1 N–H and O–H groups in total. The summed E-state index contributed by atoms with van der Waals surface area (Å²) >= 11 is 5.01. The molecule has 1 aliphatic rings. The van der Waals surface area contributed by atoms with Crippen LogP contribution in [0.2, 0.25) is 0 Å². The van der Waals surface area contributed by atoms with Crippen LogP contribution in [0.1, 0.15) is 24.2 Å². The lowest BCUT2D eigenvalue weighted by Gasteiger charge is -2.14. The number of fused-ring (bicyclic) bond motifs is 1. The summed E-state index contributed by atoms with van der Waals surface area (Å²) < 4.78 is 11.7. The smallest absolute Gasteiger partial charge is 0.231 e. The maximum Gasteiger partial charge on any atom is 0.231 e. The molecule has 1 amide bonds. The predicted molar refractivity (Wildman–Crippen MR) is 108 cm³/mol. The molecule has 2 heterocycles. The Bertz CT molecular complexity index is 989. The van der Waals surface area contributed by atoms with Gasteiger partial charge in [0.05, 0.1) is 18.2 Å². The molecule has 2 aromatic carbocycles. The average molecular weight is 445 g/mol. The van der Waals surface area contributed by atoms with Crippen molar-refractivity contribution in [3.05, 3.63) is 63.6 Å². The Morgan fingerprint density at radius 1 is 1.26 bits per heavy atom. The zero-order valence-corrected chi connectivity index (χ0v) is 17.0. The normalized spacial score (nSPS) is 13.4. The van der Waals surface area contributed by atoms with Crippen molar-refractivity contribution in [2.24, 2.45) is 0 Å². The number of hydrogen-bond acceptors (Lipinski definition) is 5. The van der Waals surface area contributed by atoms with Crippen LogP contribution < -0.4 is 14.8 Å². The SMILES string of the molecule is CC(NC(=O)Cc1csc(-c2cccc(Br)c2)n1)c1ccc2c(c1)OCO2. The van der Waals surface area contributed by atoms with Gasteiger partial charge in [0.25, 0.3) is 0 Å². The van der Waals surface area contributed by atoms with Crippen LogP contribution >= 0.6 is 27.3 Å². The van der Waals surface area contributed by atoms with Crippen molar-refractivity contribution in [1.29, 1.82) is 0 Å². The molecule has 0 fully saturated rings. The second-order valence-corrected chi connectivity index (χ2v) is 8.01. The molecular formula is C20H17BrN2O3S. The van der Waals surface area contributed by atoms with Gasteiger partial charge in [0.2, 0.25) is 12.7 Å². The van der Waals surface area contributed by atoms with Crippen molar-refractivity contribution in [1.82, 2.24) is 10.3 Å². The number of benzene rings is 2. The number of nitrogens with one attached hydrogen (secondary N) is 1. The molecule has 138 valence electrons. The van der Waals surface area contributed by atoms with Gasteiger partial charge < -0.3 is 14.8 Å². The summed E-state index contributed by atoms with van der Waals surface area (Å²) in [5.74, 6) is 1.39. The van der Waals surface area contributed by atoms with E-state index in [2.05, 4.69) is 26.2 Å². The van der Waals surface area contributed by atoms with Crippen molar-refractivity contribution in [2.75, 3.05) is 6.79 Å². The largest absolute Gasteiger partial charge is 0.454 e. The van der Waals surface area contributed by atoms with Crippen molar-refractivity contribution < 1.29 is 14.3 Å². The number of nitrogens with zero attached hydrogens (tertiary/aromatic N) is 1. The van der Waals surface area contributed by atoms with E-state index in [9.17, 15) is 4.79 Å². The van der Waals surface area contributed by atoms with Crippen LogP contribution in [0.3, 0.4) is 0 Å². The molecule has 0 bridgehead atoms. The average Bonchev–Trinajstić information content (AvgIpc) is 3.30. The molecule has 1 aromatic heterocycles. The maximum atomic E-state index is 12.4. The van der Waals surface area contributed by atoms with Crippen molar-refractivity contribution >= 4 is 33.2 Å². The fraction of sp³-hybridized carbons (Fsp3) is 0.200. The lowest BCUT2D eigenvalue weighted by atomic mass is 10.1. The van der Waals surface area contributed by atoms with E-state index >= 15 is 0 Å². The Kier molecular flexibility index (Phi) is 5.13. The molecule has 3 aromatic rings. The fourth-order valence-corrected chi connectivity index (χ4v) is 4.08. The Labute approximate surface area is 169 Å². The summed E-state index contributed by atoms with van der Waals surface area (Å²) in [5, 5.41) is 5.85. The number of aromatic nitrogens is 1. The molecule has 0 aliphatic carbocycles. The first-order valence-electron chi connectivity index (χ1n) is 8.48. The number of thiazole rings is 1. The van der Waals surface area contributed by atoms with Gasteiger partial charge in [-0.05, 0) is 36.8 Å². The number of carbonyl (C=O) groups excluding carboxylic acids is 1. The Hall–Kier alpha value is -2.38. The van der Waals surface area contributed by atoms with E-state index in [4.69, 9.17) is 9.47 Å². The van der Waals surface area contributed by atoms with Crippen molar-refractivity contribution in [2.45, 2.75) is 19.4 Å². The highest BCUT2D eigenvalue weighted by Crippen LogP contribution is 2.34. The molecule has 0 spiro atoms. The number of carbonyl (C=O) groups is 1. The van der Waals surface area contributed by atoms with Gasteiger partial charge in [0, 0.05) is 15.4 Å². The van der Waals surface area contributed by atoms with Crippen LogP contribution in [0.15, 0.2) is 52.3 Å². The van der Waals surface area contributed by atoms with Gasteiger partial charge in [0.15, 0.2) is 11.5 Å². The fourth-order valence-electron chi connectivity index (χ4n) is 2.87. The first-order valence-corrected chi connectivity index (χ1v) is 10.1. The molecule has 4 rings (SSSR count). The van der Waals surface area contributed by atoms with Crippen LogP contribution in [0.25, 0.3) is 10.6 Å². The third-order valence-corrected chi connectivity index (χ3v) is 5.67. The standard InChI is InChI=1S/C20H17BrN2O3S/c1-12(13-5-6-17-18(8-13)26-11-25-17)22-19(24)9-16-10-27-20(23-16)14-3-2-4-15(21)7-14/h2-8,10,12H,9,11H2,1H3,(H,22,24). The minimum Gasteiger partial charge on any atom is -0.454 e. The van der Waals surface area contributed by atoms with E-state index < -0.39 is 0 Å². The van der Waals surface area contributed by atoms with E-state index in [0.717, 1.165) is 32.1 Å². The van der Waals surface area contributed by atoms with Crippen LogP contribution in [-0.4, -0.2) is 17.7 Å². The second kappa shape index (κ2) is 7.70. The van der Waals surface area contributed by atoms with E-state index in [1.165, 1.54) is 11.3 Å². The molecule has 1 aliphatic heterocycles. The van der Waals surface area contributed by atoms with Gasteiger partial charge >= 0.3 is 0 Å². The van der Waals surface area contributed by atoms with Crippen LogP contribution in [0.5, 0.6) is 11.5 Å². The summed E-state index contributed by atoms with van der Waals surface area (Å²) in [6.45, 7) is 2.19. The lowest BCUT2D eigenvalue weighted by Crippen LogP contribution is -2.28. The van der Waals surface area contributed by atoms with Gasteiger partial charge in [0.1, 0.15) is 5.01 Å². The van der Waals surface area contributed by atoms with Gasteiger partial charge in [-0.3, -0.25) is 4.79 Å². The molecular weight excluding hydrogens is 428 g/mol. The third-order valence-electron chi connectivity index (χ3n) is 4.24. The Morgan fingerprint density at radius 2 is 2.11 bits per heavy atom. The molecule has 0 saturated carbocycles. The van der Waals surface area contributed by atoms with Gasteiger partial charge in [-0.15, -0.1) is 11.3 Å². The number of hydrogen-bond donors (Lipinski definition) is 1. The van der Waals surface area contributed by atoms with E-state index in [1.54, 1.807) is 0 Å². The minimum atomic E-state index is -0.129. The molecule has 27 heavy (non-hydrogen) atoms. The molecule has 0 radical (unpaired) electrons. The van der Waals surface area contributed by atoms with Crippen LogP contribution in [0, 0.1) is 0 Å². The van der Waals surface area contributed by atoms with E-state index in [1.807, 2.05) is 54.8 Å². The highest BCUT2D eigenvalue weighted by atomic mass is 79.9. The molecule has 1 atom stereocenters. The second-order valence-electron chi connectivity index (χ2n) is 6.23. The van der Waals surface area contributed by atoms with E-state index in [0.29, 0.717) is 5.75 Å². The van der Waals surface area contributed by atoms with E-state index in [-0.39, 0.29) is 25.2 Å². The minimum absolute atomic E-state index is 0.0636. The quantitative estimate of drug-likeness (QED) is 0.618. The van der Waals surface area contributed by atoms with Crippen LogP contribution in [0.4, 0.5) is 0 Å². The number of ether oxygens (including phenoxy) is 2. The van der Waals surface area contributed by atoms with Crippen LogP contribution in [-0.2, 0) is 11.2 Å². The monoisotopic (exact) mass is 444 g/mol. The molecule has 5 nitrogen and oxygen atoms in total. The molecule has 1 unspecified atom stereocenters. The van der Waals surface area contributed by atoms with Crippen molar-refractivity contribution in [3.8, 4) is 22.1 Å². The summed E-state index contributed by atoms with van der Waals surface area (Å²) in [5.41, 5.74) is 2.78. The topological polar surface area (TPSA) is 60.5 Å². The summed E-state index contributed by atoms with van der Waals surface area (Å²) in [4.78, 5) is 17.0. The summed E-state index contributed by atoms with van der Waals surface area (Å²) in [7, 11) is 0. The Balaban J connectivity index is 1.39. The van der Waals surface area contributed by atoms with Gasteiger partial charge in [-0.1, -0.05) is 34.1 Å². The first-order chi connectivity index (χ1) is 13.1. The summed E-state index contributed by atoms with van der Waals surface area (Å²) in [6, 6.07) is 13.6. The highest BCUT2D eigenvalue weighted by Gasteiger charge is 2.17. The summed E-state index contributed by atoms with van der Waals surface area (Å²) in [6.07, 6.45) is 0.249. The van der Waals surface area contributed by atoms with Gasteiger partial charge in [-0.25, -0.2) is 4.98 Å². The zero-order valence-electron chi connectivity index (χ0n) is 14.6. The number of rotatable bonds is 5.